The van der Waals surface area contributed by atoms with Gasteiger partial charge >= 0.3 is 0 Å². The molecule has 112 valence electrons. The minimum atomic E-state index is -0.372. The van der Waals surface area contributed by atoms with Crippen molar-refractivity contribution >= 4 is 29.1 Å². The monoisotopic (exact) mass is 314 g/mol. The van der Waals surface area contributed by atoms with Crippen molar-refractivity contribution in [3.63, 3.8) is 0 Å². The molecule has 1 N–H and O–H groups in total. The molecule has 6 heteroatoms. The van der Waals surface area contributed by atoms with Gasteiger partial charge in [-0.05, 0) is 42.1 Å². The molecule has 0 spiro atoms. The van der Waals surface area contributed by atoms with Gasteiger partial charge in [0.2, 0.25) is 0 Å². The van der Waals surface area contributed by atoms with E-state index in [4.69, 9.17) is 0 Å². The van der Waals surface area contributed by atoms with Crippen LogP contribution in [0.4, 0.5) is 0 Å². The van der Waals surface area contributed by atoms with Gasteiger partial charge in [-0.3, -0.25) is 19.3 Å². The molecule has 0 saturated carbocycles. The Labute approximate surface area is 131 Å². The molecule has 22 heavy (non-hydrogen) atoms. The number of hydrogen-bond donors (Lipinski definition) is 1. The quantitative estimate of drug-likeness (QED) is 0.883. The lowest BCUT2D eigenvalue weighted by molar-refractivity contribution is 0.0693. The summed E-state index contributed by atoms with van der Waals surface area (Å²) in [5.74, 6) is -0.963. The molecular formula is C16H14N2O3S. The summed E-state index contributed by atoms with van der Waals surface area (Å²) < 4.78 is 0. The van der Waals surface area contributed by atoms with E-state index in [9.17, 15) is 14.4 Å². The van der Waals surface area contributed by atoms with Gasteiger partial charge in [0.25, 0.3) is 17.7 Å². The lowest BCUT2D eigenvalue weighted by Gasteiger charge is -2.06. The van der Waals surface area contributed by atoms with Gasteiger partial charge in [-0.1, -0.05) is 0 Å². The van der Waals surface area contributed by atoms with Crippen LogP contribution in [-0.2, 0) is 6.54 Å². The van der Waals surface area contributed by atoms with Gasteiger partial charge in [0.1, 0.15) is 0 Å². The topological polar surface area (TPSA) is 66.5 Å². The van der Waals surface area contributed by atoms with Crippen LogP contribution in [0.5, 0.6) is 0 Å². The standard InChI is InChI=1S/C16H14N2O3S/c1-9-5-6-22-13(9)8-17-14(19)10-3-4-11-12(7-10)16(21)18(2)15(11)20/h3-7H,8H2,1-2H3,(H,17,19). The average molecular weight is 314 g/mol. The number of amides is 3. The molecule has 1 aliphatic rings. The van der Waals surface area contributed by atoms with Crippen LogP contribution in [0.2, 0.25) is 0 Å². The van der Waals surface area contributed by atoms with Crippen LogP contribution in [0.3, 0.4) is 0 Å². The molecule has 3 amide bonds. The van der Waals surface area contributed by atoms with Crippen molar-refractivity contribution in [2.45, 2.75) is 13.5 Å². The maximum Gasteiger partial charge on any atom is 0.261 e. The van der Waals surface area contributed by atoms with Crippen molar-refractivity contribution in [1.82, 2.24) is 10.2 Å². The Bertz CT molecular complexity index is 794. The molecule has 0 aliphatic carbocycles. The molecule has 1 aromatic heterocycles. The van der Waals surface area contributed by atoms with E-state index in [-0.39, 0.29) is 23.3 Å². The van der Waals surface area contributed by atoms with Crippen LogP contribution in [0, 0.1) is 6.92 Å². The Morgan fingerprint density at radius 2 is 1.91 bits per heavy atom. The fourth-order valence-electron chi connectivity index (χ4n) is 2.35. The zero-order chi connectivity index (χ0) is 15.9. The van der Waals surface area contributed by atoms with Crippen LogP contribution in [-0.4, -0.2) is 29.7 Å². The number of benzene rings is 1. The molecule has 2 heterocycles. The molecular weight excluding hydrogens is 300 g/mol. The number of hydrogen-bond acceptors (Lipinski definition) is 4. The first kappa shape index (κ1) is 14.5. The number of imide groups is 1. The number of nitrogens with one attached hydrogen (secondary N) is 1. The van der Waals surface area contributed by atoms with Gasteiger partial charge in [0, 0.05) is 17.5 Å². The zero-order valence-corrected chi connectivity index (χ0v) is 13.0. The number of rotatable bonds is 3. The summed E-state index contributed by atoms with van der Waals surface area (Å²) in [6.07, 6.45) is 0. The maximum atomic E-state index is 12.2. The lowest BCUT2D eigenvalue weighted by Crippen LogP contribution is -2.24. The van der Waals surface area contributed by atoms with Crippen molar-refractivity contribution in [1.29, 1.82) is 0 Å². The minimum Gasteiger partial charge on any atom is -0.347 e. The Morgan fingerprint density at radius 3 is 2.59 bits per heavy atom. The third-order valence-electron chi connectivity index (χ3n) is 3.73. The van der Waals surface area contributed by atoms with Gasteiger partial charge in [-0.25, -0.2) is 0 Å². The summed E-state index contributed by atoms with van der Waals surface area (Å²) in [6, 6.07) is 6.58. The zero-order valence-electron chi connectivity index (χ0n) is 12.2. The highest BCUT2D eigenvalue weighted by Crippen LogP contribution is 2.23. The normalized spacial score (nSPS) is 13.5. The van der Waals surface area contributed by atoms with E-state index in [1.807, 2.05) is 18.4 Å². The molecule has 5 nitrogen and oxygen atoms in total. The highest BCUT2D eigenvalue weighted by Gasteiger charge is 2.33. The van der Waals surface area contributed by atoms with Gasteiger partial charge in [0.15, 0.2) is 0 Å². The second kappa shape index (κ2) is 5.38. The fraction of sp³-hybridized carbons (Fsp3) is 0.188. The molecule has 2 aromatic rings. The smallest absolute Gasteiger partial charge is 0.261 e. The number of carbonyl (C=O) groups excluding carboxylic acids is 3. The molecule has 0 unspecified atom stereocenters. The molecule has 3 rings (SSSR count). The number of carbonyl (C=O) groups is 3. The van der Waals surface area contributed by atoms with Crippen LogP contribution < -0.4 is 5.32 Å². The van der Waals surface area contributed by atoms with Gasteiger partial charge < -0.3 is 5.32 Å². The van der Waals surface area contributed by atoms with Gasteiger partial charge in [-0.15, -0.1) is 11.3 Å². The number of thiophene rings is 1. The van der Waals surface area contributed by atoms with Crippen LogP contribution >= 0.6 is 11.3 Å². The highest BCUT2D eigenvalue weighted by molar-refractivity contribution is 7.10. The van der Waals surface area contributed by atoms with Crippen LogP contribution in [0.25, 0.3) is 0 Å². The predicted molar refractivity (Wildman–Crippen MR) is 83.1 cm³/mol. The summed E-state index contributed by atoms with van der Waals surface area (Å²) >= 11 is 1.59. The largest absolute Gasteiger partial charge is 0.347 e. The molecule has 1 aromatic carbocycles. The number of fused-ring (bicyclic) bond motifs is 1. The second-order valence-corrected chi connectivity index (χ2v) is 6.14. The van der Waals surface area contributed by atoms with E-state index in [0.717, 1.165) is 15.3 Å². The maximum absolute atomic E-state index is 12.2. The molecule has 0 fully saturated rings. The van der Waals surface area contributed by atoms with Crippen LogP contribution in [0.15, 0.2) is 29.6 Å². The third-order valence-corrected chi connectivity index (χ3v) is 4.75. The van der Waals surface area contributed by atoms with E-state index >= 15 is 0 Å². The summed E-state index contributed by atoms with van der Waals surface area (Å²) in [5, 5.41) is 4.81. The van der Waals surface area contributed by atoms with E-state index in [0.29, 0.717) is 17.7 Å². The summed E-state index contributed by atoms with van der Waals surface area (Å²) in [5.41, 5.74) is 2.15. The molecule has 0 bridgehead atoms. The van der Waals surface area contributed by atoms with Crippen molar-refractivity contribution in [2.24, 2.45) is 0 Å². The number of aryl methyl sites for hydroxylation is 1. The lowest BCUT2D eigenvalue weighted by atomic mass is 10.1. The highest BCUT2D eigenvalue weighted by atomic mass is 32.1. The Balaban J connectivity index is 1.79. The predicted octanol–water partition coefficient (Wildman–Crippen LogP) is 2.21. The summed E-state index contributed by atoms with van der Waals surface area (Å²) in [4.78, 5) is 38.1. The number of nitrogens with zero attached hydrogens (tertiary/aromatic N) is 1. The summed E-state index contributed by atoms with van der Waals surface area (Å²) in [7, 11) is 1.43. The fourth-order valence-corrected chi connectivity index (χ4v) is 3.20. The first-order valence-corrected chi connectivity index (χ1v) is 7.64. The van der Waals surface area contributed by atoms with Crippen molar-refractivity contribution in [2.75, 3.05) is 7.05 Å². The molecule has 0 saturated heterocycles. The van der Waals surface area contributed by atoms with Crippen molar-refractivity contribution in [3.05, 3.63) is 56.8 Å². The van der Waals surface area contributed by atoms with E-state index in [2.05, 4.69) is 5.32 Å². The summed E-state index contributed by atoms with van der Waals surface area (Å²) in [6.45, 7) is 2.44. The molecule has 0 atom stereocenters. The Kier molecular flexibility index (Phi) is 3.54. The van der Waals surface area contributed by atoms with Crippen molar-refractivity contribution in [3.8, 4) is 0 Å². The first-order valence-electron chi connectivity index (χ1n) is 6.76. The van der Waals surface area contributed by atoms with Gasteiger partial charge in [-0.2, -0.15) is 0 Å². The first-order chi connectivity index (χ1) is 10.5. The SMILES string of the molecule is Cc1ccsc1CNC(=O)c1ccc2c(c1)C(=O)N(C)C2=O. The molecule has 1 aliphatic heterocycles. The Hall–Kier alpha value is -2.47. The average Bonchev–Trinajstić information content (AvgIpc) is 3.02. The Morgan fingerprint density at radius 1 is 1.18 bits per heavy atom. The molecule has 0 radical (unpaired) electrons. The van der Waals surface area contributed by atoms with E-state index in [1.54, 1.807) is 17.4 Å². The third kappa shape index (κ3) is 2.31. The van der Waals surface area contributed by atoms with E-state index in [1.165, 1.54) is 19.2 Å². The second-order valence-electron chi connectivity index (χ2n) is 5.14. The minimum absolute atomic E-state index is 0.259. The van der Waals surface area contributed by atoms with Crippen molar-refractivity contribution < 1.29 is 14.4 Å². The van der Waals surface area contributed by atoms with E-state index < -0.39 is 0 Å². The van der Waals surface area contributed by atoms with Crippen LogP contribution in [0.1, 0.15) is 41.5 Å². The van der Waals surface area contributed by atoms with Gasteiger partial charge in [0.05, 0.1) is 17.7 Å².